The third kappa shape index (κ3) is 5.50. The van der Waals surface area contributed by atoms with Crippen LogP contribution in [0, 0.1) is 5.92 Å². The highest BCUT2D eigenvalue weighted by atomic mass is 16.5. The van der Waals surface area contributed by atoms with Crippen LogP contribution < -0.4 is 10.6 Å². The molecule has 1 fully saturated rings. The second-order valence-electron chi connectivity index (χ2n) is 5.12. The van der Waals surface area contributed by atoms with Crippen LogP contribution in [0.2, 0.25) is 0 Å². The van der Waals surface area contributed by atoms with Crippen LogP contribution in [-0.4, -0.2) is 37.9 Å². The van der Waals surface area contributed by atoms with E-state index >= 15 is 0 Å². The molecule has 0 bridgehead atoms. The highest BCUT2D eigenvalue weighted by Crippen LogP contribution is 2.17. The Bertz CT molecular complexity index is 173. The number of rotatable bonds is 6. The lowest BCUT2D eigenvalue weighted by atomic mass is 10.1. The van der Waals surface area contributed by atoms with Crippen molar-refractivity contribution in [2.45, 2.75) is 52.3 Å². The van der Waals surface area contributed by atoms with Gasteiger partial charge in [-0.05, 0) is 26.2 Å². The fourth-order valence-electron chi connectivity index (χ4n) is 1.90. The summed E-state index contributed by atoms with van der Waals surface area (Å²) in [6.07, 6.45) is 1.66. The van der Waals surface area contributed by atoms with Crippen LogP contribution in [0.15, 0.2) is 0 Å². The van der Waals surface area contributed by atoms with E-state index in [1.54, 1.807) is 0 Å². The molecule has 0 aromatic rings. The van der Waals surface area contributed by atoms with E-state index in [2.05, 4.69) is 38.3 Å². The minimum atomic E-state index is 0.459. The predicted octanol–water partition coefficient (Wildman–Crippen LogP) is 1.39. The van der Waals surface area contributed by atoms with Crippen LogP contribution in [0.25, 0.3) is 0 Å². The summed E-state index contributed by atoms with van der Waals surface area (Å²) in [5.74, 6) is 0.710. The van der Waals surface area contributed by atoms with Crippen molar-refractivity contribution in [2.24, 2.45) is 5.92 Å². The molecule has 1 heterocycles. The average molecular weight is 214 g/mol. The Morgan fingerprint density at radius 2 is 2.00 bits per heavy atom. The first-order valence-corrected chi connectivity index (χ1v) is 6.16. The van der Waals surface area contributed by atoms with Gasteiger partial charge in [0.05, 0.1) is 12.7 Å². The first kappa shape index (κ1) is 12.9. The number of ether oxygens (including phenoxy) is 1. The van der Waals surface area contributed by atoms with Crippen molar-refractivity contribution in [3.8, 4) is 0 Å². The molecule has 0 spiro atoms. The molecular weight excluding hydrogens is 188 g/mol. The van der Waals surface area contributed by atoms with Gasteiger partial charge in [-0.25, -0.2) is 0 Å². The van der Waals surface area contributed by atoms with E-state index in [1.807, 2.05) is 0 Å². The maximum Gasteiger partial charge on any atom is 0.0551 e. The molecular formula is C12H26N2O. The van der Waals surface area contributed by atoms with Crippen molar-refractivity contribution in [1.82, 2.24) is 10.6 Å². The molecule has 1 aliphatic rings. The molecule has 3 nitrogen and oxygen atoms in total. The zero-order valence-electron chi connectivity index (χ0n) is 10.5. The predicted molar refractivity (Wildman–Crippen MR) is 64.1 cm³/mol. The van der Waals surface area contributed by atoms with E-state index in [4.69, 9.17) is 4.74 Å². The van der Waals surface area contributed by atoms with E-state index in [1.165, 1.54) is 6.42 Å². The second-order valence-corrected chi connectivity index (χ2v) is 5.12. The maximum atomic E-state index is 5.54. The van der Waals surface area contributed by atoms with Gasteiger partial charge in [-0.2, -0.15) is 0 Å². The van der Waals surface area contributed by atoms with Crippen molar-refractivity contribution in [3.05, 3.63) is 0 Å². The summed E-state index contributed by atoms with van der Waals surface area (Å²) in [6.45, 7) is 11.8. The molecule has 1 aliphatic heterocycles. The van der Waals surface area contributed by atoms with Crippen molar-refractivity contribution in [2.75, 3.05) is 19.7 Å². The Labute approximate surface area is 94.0 Å². The van der Waals surface area contributed by atoms with E-state index in [0.717, 1.165) is 19.7 Å². The molecule has 0 saturated carbocycles. The van der Waals surface area contributed by atoms with E-state index in [-0.39, 0.29) is 0 Å². The molecule has 90 valence electrons. The van der Waals surface area contributed by atoms with Gasteiger partial charge in [0, 0.05) is 25.2 Å². The minimum Gasteiger partial charge on any atom is -0.378 e. The molecule has 2 N–H and O–H groups in total. The monoisotopic (exact) mass is 214 g/mol. The summed E-state index contributed by atoms with van der Waals surface area (Å²) in [7, 11) is 0. The van der Waals surface area contributed by atoms with Crippen LogP contribution >= 0.6 is 0 Å². The van der Waals surface area contributed by atoms with Gasteiger partial charge in [0.15, 0.2) is 0 Å². The molecule has 15 heavy (non-hydrogen) atoms. The number of nitrogens with one attached hydrogen (secondary N) is 2. The molecule has 3 unspecified atom stereocenters. The first-order valence-electron chi connectivity index (χ1n) is 6.16. The zero-order chi connectivity index (χ0) is 11.3. The summed E-state index contributed by atoms with van der Waals surface area (Å²) < 4.78 is 5.54. The van der Waals surface area contributed by atoms with E-state index < -0.39 is 0 Å². The molecule has 3 heteroatoms. The van der Waals surface area contributed by atoms with Crippen molar-refractivity contribution in [3.63, 3.8) is 0 Å². The van der Waals surface area contributed by atoms with Gasteiger partial charge in [-0.3, -0.25) is 0 Å². The Morgan fingerprint density at radius 3 is 2.53 bits per heavy atom. The molecule has 0 radical (unpaired) electrons. The summed E-state index contributed by atoms with van der Waals surface area (Å²) >= 11 is 0. The lowest BCUT2D eigenvalue weighted by Gasteiger charge is -2.18. The molecule has 0 aromatic carbocycles. The van der Waals surface area contributed by atoms with E-state index in [0.29, 0.717) is 24.1 Å². The summed E-state index contributed by atoms with van der Waals surface area (Å²) in [6, 6.07) is 1.12. The molecule has 0 amide bonds. The second kappa shape index (κ2) is 6.46. The van der Waals surface area contributed by atoms with Crippen LogP contribution in [0.3, 0.4) is 0 Å². The van der Waals surface area contributed by atoms with Gasteiger partial charge in [-0.15, -0.1) is 0 Å². The van der Waals surface area contributed by atoms with Gasteiger partial charge >= 0.3 is 0 Å². The zero-order valence-corrected chi connectivity index (χ0v) is 10.5. The van der Waals surface area contributed by atoms with Gasteiger partial charge in [-0.1, -0.05) is 13.8 Å². The molecule has 1 saturated heterocycles. The van der Waals surface area contributed by atoms with Gasteiger partial charge < -0.3 is 15.4 Å². The van der Waals surface area contributed by atoms with Gasteiger partial charge in [0.2, 0.25) is 0 Å². The standard InChI is InChI=1S/C12H26N2O/c1-9(2)13-6-10(3)14-7-12-5-11(4)15-8-12/h9-14H,5-8H2,1-4H3. The Hall–Kier alpha value is -0.120. The quantitative estimate of drug-likeness (QED) is 0.701. The fourth-order valence-corrected chi connectivity index (χ4v) is 1.90. The smallest absolute Gasteiger partial charge is 0.0551 e. The van der Waals surface area contributed by atoms with Crippen LogP contribution in [0.4, 0.5) is 0 Å². The van der Waals surface area contributed by atoms with Crippen molar-refractivity contribution < 1.29 is 4.74 Å². The fraction of sp³-hybridized carbons (Fsp3) is 1.00. The summed E-state index contributed by atoms with van der Waals surface area (Å²) in [4.78, 5) is 0. The molecule has 1 rings (SSSR count). The Balaban J connectivity index is 2.03. The number of hydrogen-bond donors (Lipinski definition) is 2. The van der Waals surface area contributed by atoms with Crippen LogP contribution in [-0.2, 0) is 4.74 Å². The minimum absolute atomic E-state index is 0.459. The van der Waals surface area contributed by atoms with Crippen LogP contribution in [0.5, 0.6) is 0 Å². The van der Waals surface area contributed by atoms with Crippen molar-refractivity contribution in [1.29, 1.82) is 0 Å². The normalized spacial score (nSPS) is 28.6. The van der Waals surface area contributed by atoms with Gasteiger partial charge in [0.1, 0.15) is 0 Å². The molecule has 0 aliphatic carbocycles. The maximum absolute atomic E-state index is 5.54. The topological polar surface area (TPSA) is 33.3 Å². The third-order valence-corrected chi connectivity index (χ3v) is 2.87. The highest BCUT2D eigenvalue weighted by Gasteiger charge is 2.21. The average Bonchev–Trinajstić information content (AvgIpc) is 2.58. The van der Waals surface area contributed by atoms with Gasteiger partial charge in [0.25, 0.3) is 0 Å². The summed E-state index contributed by atoms with van der Waals surface area (Å²) in [5, 5.41) is 6.99. The molecule has 3 atom stereocenters. The highest BCUT2D eigenvalue weighted by molar-refractivity contribution is 4.74. The first-order chi connectivity index (χ1) is 7.08. The SMILES string of the molecule is CC(C)NCC(C)NCC1COC(C)C1. The molecule has 0 aromatic heterocycles. The lowest BCUT2D eigenvalue weighted by Crippen LogP contribution is -2.41. The van der Waals surface area contributed by atoms with Crippen LogP contribution in [0.1, 0.15) is 34.1 Å². The Kier molecular flexibility index (Phi) is 5.58. The number of hydrogen-bond acceptors (Lipinski definition) is 3. The lowest BCUT2D eigenvalue weighted by molar-refractivity contribution is 0.120. The summed E-state index contributed by atoms with van der Waals surface area (Å²) in [5.41, 5.74) is 0. The largest absolute Gasteiger partial charge is 0.378 e. The third-order valence-electron chi connectivity index (χ3n) is 2.87. The van der Waals surface area contributed by atoms with E-state index in [9.17, 15) is 0 Å². The Morgan fingerprint density at radius 1 is 1.27 bits per heavy atom. The van der Waals surface area contributed by atoms with Crippen molar-refractivity contribution >= 4 is 0 Å².